The number of anilines is 1. The summed E-state index contributed by atoms with van der Waals surface area (Å²) in [7, 11) is 0. The highest BCUT2D eigenvalue weighted by Gasteiger charge is 2.03. The highest BCUT2D eigenvalue weighted by Crippen LogP contribution is 2.19. The maximum atomic E-state index is 10.3. The van der Waals surface area contributed by atoms with Gasteiger partial charge in [0.1, 0.15) is 5.82 Å². The van der Waals surface area contributed by atoms with Crippen LogP contribution in [0, 0.1) is 6.92 Å². The van der Waals surface area contributed by atoms with Crippen LogP contribution in [0.2, 0.25) is 0 Å². The lowest BCUT2D eigenvalue weighted by Crippen LogP contribution is -1.99. The average molecular weight is 214 g/mol. The zero-order valence-electron chi connectivity index (χ0n) is 8.71. The molecule has 0 bridgehead atoms. The molecule has 0 spiro atoms. The lowest BCUT2D eigenvalue weighted by atomic mass is 10.1. The van der Waals surface area contributed by atoms with Crippen molar-refractivity contribution in [3.8, 4) is 11.3 Å². The molecule has 0 aliphatic heterocycles. The van der Waals surface area contributed by atoms with Crippen LogP contribution in [0.4, 0.5) is 5.82 Å². The van der Waals surface area contributed by atoms with Gasteiger partial charge >= 0.3 is 0 Å². The molecular weight excluding hydrogens is 204 g/mol. The molecular formula is C11H10N4O. The summed E-state index contributed by atoms with van der Waals surface area (Å²) in [5, 5.41) is 2.53. The van der Waals surface area contributed by atoms with Crippen LogP contribution >= 0.6 is 0 Å². The van der Waals surface area contributed by atoms with Crippen molar-refractivity contribution in [2.24, 2.45) is 0 Å². The van der Waals surface area contributed by atoms with Gasteiger partial charge in [-0.05, 0) is 18.6 Å². The number of aryl methyl sites for hydroxylation is 1. The van der Waals surface area contributed by atoms with Crippen LogP contribution in [0.3, 0.4) is 0 Å². The monoisotopic (exact) mass is 214 g/mol. The smallest absolute Gasteiger partial charge is 0.212 e. The fraction of sp³-hybridized carbons (Fsp3) is 0.0909. The van der Waals surface area contributed by atoms with Crippen LogP contribution in [0.5, 0.6) is 0 Å². The molecule has 2 aromatic rings. The maximum absolute atomic E-state index is 10.3. The van der Waals surface area contributed by atoms with E-state index < -0.39 is 0 Å². The van der Waals surface area contributed by atoms with Crippen molar-refractivity contribution in [3.63, 3.8) is 0 Å². The molecule has 0 saturated heterocycles. The molecule has 0 saturated carbocycles. The van der Waals surface area contributed by atoms with Gasteiger partial charge in [-0.1, -0.05) is 0 Å². The molecule has 5 heteroatoms. The number of carbonyl (C=O) groups excluding carboxylic acids is 1. The van der Waals surface area contributed by atoms with Gasteiger partial charge in [0.05, 0.1) is 11.9 Å². The summed E-state index contributed by atoms with van der Waals surface area (Å²) >= 11 is 0. The van der Waals surface area contributed by atoms with E-state index in [2.05, 4.69) is 20.3 Å². The van der Waals surface area contributed by atoms with Gasteiger partial charge in [0.2, 0.25) is 6.41 Å². The Kier molecular flexibility index (Phi) is 2.86. The molecule has 0 aliphatic rings. The van der Waals surface area contributed by atoms with E-state index in [9.17, 15) is 4.79 Å². The molecule has 0 aromatic carbocycles. The number of hydrogen-bond acceptors (Lipinski definition) is 4. The summed E-state index contributed by atoms with van der Waals surface area (Å²) in [6.07, 6.45) is 7.18. The van der Waals surface area contributed by atoms with Crippen molar-refractivity contribution in [1.29, 1.82) is 0 Å². The molecule has 0 fully saturated rings. The number of rotatable bonds is 3. The highest BCUT2D eigenvalue weighted by atomic mass is 16.1. The third-order valence-corrected chi connectivity index (χ3v) is 2.13. The number of pyridine rings is 1. The Hall–Kier alpha value is -2.30. The van der Waals surface area contributed by atoms with Crippen LogP contribution in [-0.4, -0.2) is 21.4 Å². The Bertz CT molecular complexity index is 499. The van der Waals surface area contributed by atoms with Gasteiger partial charge < -0.3 is 5.32 Å². The van der Waals surface area contributed by atoms with Crippen LogP contribution in [0.25, 0.3) is 11.3 Å². The van der Waals surface area contributed by atoms with Gasteiger partial charge in [-0.15, -0.1) is 0 Å². The minimum absolute atomic E-state index is 0.558. The molecule has 2 heterocycles. The summed E-state index contributed by atoms with van der Waals surface area (Å²) in [4.78, 5) is 22.6. The normalized spacial score (nSPS) is 9.81. The molecule has 1 N–H and O–H groups in total. The number of nitrogens with zero attached hydrogens (tertiary/aromatic N) is 3. The van der Waals surface area contributed by atoms with E-state index >= 15 is 0 Å². The number of hydrogen-bond donors (Lipinski definition) is 1. The second kappa shape index (κ2) is 4.48. The van der Waals surface area contributed by atoms with Crippen LogP contribution in [0.1, 0.15) is 5.56 Å². The molecule has 16 heavy (non-hydrogen) atoms. The van der Waals surface area contributed by atoms with Gasteiger partial charge in [-0.25, -0.2) is 4.98 Å². The summed E-state index contributed by atoms with van der Waals surface area (Å²) < 4.78 is 0. The SMILES string of the molecule is Cc1cc(-c2cnccn2)cnc1NC=O. The lowest BCUT2D eigenvalue weighted by Gasteiger charge is -2.05. The van der Waals surface area contributed by atoms with Crippen molar-refractivity contribution >= 4 is 12.2 Å². The van der Waals surface area contributed by atoms with Gasteiger partial charge in [-0.3, -0.25) is 14.8 Å². The van der Waals surface area contributed by atoms with Gasteiger partial charge in [0.15, 0.2) is 0 Å². The van der Waals surface area contributed by atoms with Crippen molar-refractivity contribution in [2.75, 3.05) is 5.32 Å². The summed E-state index contributed by atoms with van der Waals surface area (Å²) in [5.74, 6) is 0.558. The first-order chi connectivity index (χ1) is 7.81. The van der Waals surface area contributed by atoms with Crippen molar-refractivity contribution in [1.82, 2.24) is 15.0 Å². The third-order valence-electron chi connectivity index (χ3n) is 2.13. The minimum Gasteiger partial charge on any atom is -0.313 e. The Morgan fingerprint density at radius 2 is 2.12 bits per heavy atom. The standard InChI is InChI=1S/C11H10N4O/c1-8-4-9(5-14-11(8)15-7-16)10-6-12-2-3-13-10/h2-7H,1H3,(H,14,15,16). The second-order valence-electron chi connectivity index (χ2n) is 3.24. The second-order valence-corrected chi connectivity index (χ2v) is 3.24. The molecule has 1 amide bonds. The summed E-state index contributed by atoms with van der Waals surface area (Å²) in [5.41, 5.74) is 2.52. The highest BCUT2D eigenvalue weighted by molar-refractivity contribution is 5.72. The van der Waals surface area contributed by atoms with E-state index in [1.165, 1.54) is 0 Å². The number of nitrogens with one attached hydrogen (secondary N) is 1. The Morgan fingerprint density at radius 3 is 2.75 bits per heavy atom. The van der Waals surface area contributed by atoms with E-state index in [4.69, 9.17) is 0 Å². The molecule has 0 aliphatic carbocycles. The van der Waals surface area contributed by atoms with Crippen LogP contribution < -0.4 is 5.32 Å². The van der Waals surface area contributed by atoms with E-state index in [-0.39, 0.29) is 0 Å². The molecule has 0 unspecified atom stereocenters. The van der Waals surface area contributed by atoms with Crippen molar-refractivity contribution < 1.29 is 4.79 Å². The van der Waals surface area contributed by atoms with Gasteiger partial charge in [-0.2, -0.15) is 0 Å². The third kappa shape index (κ3) is 2.03. The Balaban J connectivity index is 2.38. The van der Waals surface area contributed by atoms with E-state index in [0.29, 0.717) is 12.2 Å². The minimum atomic E-state index is 0.558. The first-order valence-corrected chi connectivity index (χ1v) is 4.74. The van der Waals surface area contributed by atoms with Gasteiger partial charge in [0, 0.05) is 24.2 Å². The van der Waals surface area contributed by atoms with E-state index in [1.54, 1.807) is 24.8 Å². The number of amides is 1. The predicted octanol–water partition coefficient (Wildman–Crippen LogP) is 1.42. The number of carbonyl (C=O) groups is 1. The zero-order chi connectivity index (χ0) is 11.4. The van der Waals surface area contributed by atoms with E-state index in [0.717, 1.165) is 16.8 Å². The largest absolute Gasteiger partial charge is 0.313 e. The maximum Gasteiger partial charge on any atom is 0.212 e. The van der Waals surface area contributed by atoms with Crippen LogP contribution in [0.15, 0.2) is 30.9 Å². The Morgan fingerprint density at radius 1 is 1.25 bits per heavy atom. The zero-order valence-corrected chi connectivity index (χ0v) is 8.71. The predicted molar refractivity (Wildman–Crippen MR) is 59.7 cm³/mol. The topological polar surface area (TPSA) is 67.8 Å². The van der Waals surface area contributed by atoms with Crippen LogP contribution in [-0.2, 0) is 4.79 Å². The van der Waals surface area contributed by atoms with Crippen molar-refractivity contribution in [3.05, 3.63) is 36.4 Å². The average Bonchev–Trinajstić information content (AvgIpc) is 2.33. The van der Waals surface area contributed by atoms with Gasteiger partial charge in [0.25, 0.3) is 0 Å². The quantitative estimate of drug-likeness (QED) is 0.784. The fourth-order valence-corrected chi connectivity index (χ4v) is 1.37. The molecule has 5 nitrogen and oxygen atoms in total. The molecule has 0 radical (unpaired) electrons. The number of aromatic nitrogens is 3. The molecule has 2 aromatic heterocycles. The lowest BCUT2D eigenvalue weighted by molar-refractivity contribution is -0.105. The first kappa shape index (κ1) is 10.2. The summed E-state index contributed by atoms with van der Waals surface area (Å²) in [6, 6.07) is 1.91. The first-order valence-electron chi connectivity index (χ1n) is 4.74. The summed E-state index contributed by atoms with van der Waals surface area (Å²) in [6.45, 7) is 1.87. The molecule has 0 atom stereocenters. The Labute approximate surface area is 92.6 Å². The molecule has 2 rings (SSSR count). The van der Waals surface area contributed by atoms with E-state index in [1.807, 2.05) is 13.0 Å². The fourth-order valence-electron chi connectivity index (χ4n) is 1.37. The van der Waals surface area contributed by atoms with Crippen molar-refractivity contribution in [2.45, 2.75) is 6.92 Å². The molecule has 80 valence electrons.